The smallest absolute Gasteiger partial charge is 0.416 e. The topological polar surface area (TPSA) is 181 Å². The lowest BCUT2D eigenvalue weighted by Gasteiger charge is -2.59. The molecule has 2 heterocycles. The van der Waals surface area contributed by atoms with Crippen LogP contribution in [0.5, 0.6) is 28.7 Å². The number of benzene rings is 4. The van der Waals surface area contributed by atoms with Gasteiger partial charge >= 0.3 is 6.09 Å². The number of thioether (sulfide) groups is 1. The van der Waals surface area contributed by atoms with Crippen LogP contribution in [-0.4, -0.2) is 89.3 Å². The van der Waals surface area contributed by atoms with Gasteiger partial charge in [-0.15, -0.1) is 18.3 Å². The maximum absolute atomic E-state index is 15.1. The van der Waals surface area contributed by atoms with Crippen molar-refractivity contribution in [3.05, 3.63) is 137 Å². The number of unbranched alkanes of at least 4 members (excludes halogenated alkanes) is 2. The van der Waals surface area contributed by atoms with Gasteiger partial charge in [0, 0.05) is 60.4 Å². The number of aliphatic hydroxyl groups excluding tert-OH is 2. The molecule has 6 atom stereocenters. The summed E-state index contributed by atoms with van der Waals surface area (Å²) in [5, 5.41) is 36.3. The van der Waals surface area contributed by atoms with Crippen molar-refractivity contribution in [1.82, 2.24) is 4.90 Å². The van der Waals surface area contributed by atoms with Crippen molar-refractivity contribution in [2.45, 2.75) is 81.1 Å². The number of oxime groups is 1. The highest BCUT2D eigenvalue weighted by atomic mass is 32.2. The van der Waals surface area contributed by atoms with E-state index in [1.165, 1.54) is 24.3 Å². The normalized spacial score (nSPS) is 22.5. The van der Waals surface area contributed by atoms with Gasteiger partial charge < -0.3 is 43.5 Å². The van der Waals surface area contributed by atoms with Crippen LogP contribution < -0.4 is 23.7 Å². The van der Waals surface area contributed by atoms with Gasteiger partial charge in [0.25, 0.3) is 5.69 Å². The van der Waals surface area contributed by atoms with Crippen LogP contribution in [0.1, 0.15) is 68.9 Å². The zero-order valence-electron chi connectivity index (χ0n) is 38.2. The summed E-state index contributed by atoms with van der Waals surface area (Å²) in [6.45, 7) is 6.92. The van der Waals surface area contributed by atoms with Crippen molar-refractivity contribution in [3.63, 3.8) is 0 Å². The van der Waals surface area contributed by atoms with Crippen molar-refractivity contribution in [2.75, 3.05) is 45.6 Å². The molecule has 4 aromatic carbocycles. The molecule has 0 spiro atoms. The monoisotopic (exact) mass is 949 g/mol. The fraction of sp³-hybridized carbons (Fsp3) is 0.423. The number of nitrogens with zero attached hydrogens (tertiary/aromatic N) is 3. The lowest BCUT2D eigenvalue weighted by Crippen LogP contribution is -2.70. The molecular formula is C52H59N3O12S. The second-order valence-corrected chi connectivity index (χ2v) is 18.3. The van der Waals surface area contributed by atoms with E-state index in [-0.39, 0.29) is 68.8 Å². The van der Waals surface area contributed by atoms with Crippen LogP contribution in [0.2, 0.25) is 0 Å². The van der Waals surface area contributed by atoms with Crippen molar-refractivity contribution >= 4 is 29.3 Å². The third kappa shape index (κ3) is 10.8. The molecule has 8 rings (SSSR count). The first kappa shape index (κ1) is 48.4. The molecule has 16 heteroatoms. The Morgan fingerprint density at radius 1 is 0.956 bits per heavy atom. The minimum Gasteiger partial charge on any atom is -0.493 e. The van der Waals surface area contributed by atoms with Crippen LogP contribution in [0.25, 0.3) is 0 Å². The molecule has 0 bridgehead atoms. The third-order valence-electron chi connectivity index (χ3n) is 13.0. The Hall–Kier alpha value is -6.07. The average molecular weight is 950 g/mol. The van der Waals surface area contributed by atoms with E-state index in [1.807, 2.05) is 49.4 Å². The first-order valence-electron chi connectivity index (χ1n) is 23.4. The van der Waals surface area contributed by atoms with E-state index >= 15 is 4.79 Å². The first-order valence-corrected chi connectivity index (χ1v) is 24.4. The number of allylic oxidation sites excluding steroid dienone is 1. The second kappa shape index (κ2) is 22.8. The van der Waals surface area contributed by atoms with E-state index in [9.17, 15) is 20.3 Å². The van der Waals surface area contributed by atoms with E-state index < -0.39 is 28.8 Å². The quantitative estimate of drug-likeness (QED) is 0.0236. The fourth-order valence-electron chi connectivity index (χ4n) is 10.0. The van der Waals surface area contributed by atoms with Crippen LogP contribution in [0, 0.1) is 27.9 Å². The first-order chi connectivity index (χ1) is 33.3. The van der Waals surface area contributed by atoms with Crippen LogP contribution in [0.3, 0.4) is 0 Å². The number of aliphatic hydroxyl groups is 2. The molecule has 4 aliphatic rings. The van der Waals surface area contributed by atoms with Crippen molar-refractivity contribution in [1.29, 1.82) is 0 Å². The molecule has 1 saturated carbocycles. The number of fused-ring (bicyclic) bond motifs is 3. The summed E-state index contributed by atoms with van der Waals surface area (Å²) in [6.07, 6.45) is 7.69. The number of hydrogen-bond donors (Lipinski definition) is 2. The van der Waals surface area contributed by atoms with E-state index in [0.717, 1.165) is 47.5 Å². The van der Waals surface area contributed by atoms with E-state index in [1.54, 1.807) is 28.8 Å². The molecule has 0 aromatic heterocycles. The number of ether oxygens (including phenoxy) is 6. The number of rotatable bonds is 23. The molecule has 1 amide bonds. The standard InChI is InChI=1S/C52H59N3O12S/c1-3-26-64-52-48(54(33-35-16-22-46-47(29-35)63-34-62-46)51(58)66-38-19-17-37(18-20-38)55(59)60)32-44(53-65-4-2)42-30-36(12-8-10-24-56)41(15-9-11-25-57)49(50(42)52)43-31-39(21-23-45(43)67-52)61-27-28-68-40-13-6-5-7-14-40/h3,5-7,13-14,16-23,29-31,36,41,48-50,56-57H,1,4,8-12,15,24-28,32-34H2,2H3. The zero-order chi connectivity index (χ0) is 47.5. The molecule has 0 saturated heterocycles. The van der Waals surface area contributed by atoms with Gasteiger partial charge in [-0.05, 0) is 110 Å². The highest BCUT2D eigenvalue weighted by Gasteiger charge is 2.66. The van der Waals surface area contributed by atoms with E-state index in [4.69, 9.17) is 38.4 Å². The van der Waals surface area contributed by atoms with Gasteiger partial charge in [0.05, 0.1) is 29.8 Å². The number of carbonyl (C=O) groups excluding carboxylic acids is 1. The molecule has 4 aromatic rings. The van der Waals surface area contributed by atoms with Crippen LogP contribution in [0.15, 0.2) is 125 Å². The second-order valence-electron chi connectivity index (χ2n) is 17.1. The van der Waals surface area contributed by atoms with Crippen LogP contribution in [0.4, 0.5) is 10.5 Å². The maximum atomic E-state index is 15.1. The van der Waals surface area contributed by atoms with Crippen LogP contribution in [-0.2, 0) is 16.1 Å². The summed E-state index contributed by atoms with van der Waals surface area (Å²) in [7, 11) is 0. The summed E-state index contributed by atoms with van der Waals surface area (Å²) in [5.74, 6) is 0.809. The minimum absolute atomic E-state index is 0.00162. The number of hydrogen-bond acceptors (Lipinski definition) is 14. The van der Waals surface area contributed by atoms with Crippen molar-refractivity contribution in [3.8, 4) is 28.7 Å². The highest BCUT2D eigenvalue weighted by molar-refractivity contribution is 7.99. The van der Waals surface area contributed by atoms with E-state index in [0.29, 0.717) is 60.3 Å². The summed E-state index contributed by atoms with van der Waals surface area (Å²) in [6, 6.07) is 26.0. The Morgan fingerprint density at radius 2 is 1.71 bits per heavy atom. The Bertz CT molecular complexity index is 2430. The zero-order valence-corrected chi connectivity index (χ0v) is 39.1. The van der Waals surface area contributed by atoms with Crippen LogP contribution >= 0.6 is 11.8 Å². The van der Waals surface area contributed by atoms with Gasteiger partial charge in [-0.1, -0.05) is 54.4 Å². The SMILES string of the molecule is C=CCOC12Oc3ccc(OCCSc4ccccc4)cc3C3C(CCCCO)C(CCCCO)C=C(C(=NOCC)CC1N(Cc1ccc4c(c1)OCO4)C(=O)Oc1ccc([N+](=O)[O-])cc1)C32. The van der Waals surface area contributed by atoms with Gasteiger partial charge in [0.2, 0.25) is 12.6 Å². The predicted octanol–water partition coefficient (Wildman–Crippen LogP) is 9.85. The molecule has 2 aliphatic heterocycles. The summed E-state index contributed by atoms with van der Waals surface area (Å²) >= 11 is 1.72. The Kier molecular flexibility index (Phi) is 16.2. The molecule has 2 aliphatic carbocycles. The van der Waals surface area contributed by atoms with Gasteiger partial charge in [-0.25, -0.2) is 4.79 Å². The molecule has 15 nitrogen and oxygen atoms in total. The van der Waals surface area contributed by atoms with Gasteiger partial charge in [0.15, 0.2) is 11.5 Å². The summed E-state index contributed by atoms with van der Waals surface area (Å²) < 4.78 is 38.5. The Balaban J connectivity index is 1.28. The minimum atomic E-state index is -1.58. The molecule has 1 fully saturated rings. The molecule has 6 unspecified atom stereocenters. The predicted molar refractivity (Wildman–Crippen MR) is 256 cm³/mol. The molecule has 360 valence electrons. The third-order valence-corrected chi connectivity index (χ3v) is 13.9. The Labute approximate surface area is 400 Å². The number of carbonyl (C=O) groups is 1. The fourth-order valence-corrected chi connectivity index (χ4v) is 10.8. The molecule has 68 heavy (non-hydrogen) atoms. The number of amides is 1. The van der Waals surface area contributed by atoms with Gasteiger partial charge in [-0.3, -0.25) is 15.0 Å². The summed E-state index contributed by atoms with van der Waals surface area (Å²) in [5.41, 5.74) is 3.00. The largest absolute Gasteiger partial charge is 0.493 e. The number of nitro benzene ring substituents is 1. The lowest BCUT2D eigenvalue weighted by atomic mass is 9.55. The number of non-ortho nitro benzene ring substituents is 1. The van der Waals surface area contributed by atoms with Gasteiger partial charge in [-0.2, -0.15) is 0 Å². The maximum Gasteiger partial charge on any atom is 0.416 e. The van der Waals surface area contributed by atoms with E-state index in [2.05, 4.69) is 30.9 Å². The lowest BCUT2D eigenvalue weighted by molar-refractivity contribution is -0.384. The summed E-state index contributed by atoms with van der Waals surface area (Å²) in [4.78, 5) is 34.8. The molecule has 2 N–H and O–H groups in total. The molecular weight excluding hydrogens is 891 g/mol. The van der Waals surface area contributed by atoms with Crippen molar-refractivity contribution in [2.24, 2.45) is 22.9 Å². The number of nitro groups is 1. The van der Waals surface area contributed by atoms with Gasteiger partial charge in [0.1, 0.15) is 29.9 Å². The van der Waals surface area contributed by atoms with Crippen molar-refractivity contribution < 1.29 is 53.2 Å². The Morgan fingerprint density at radius 3 is 2.46 bits per heavy atom. The average Bonchev–Trinajstić information content (AvgIpc) is 3.83. The highest BCUT2D eigenvalue weighted by Crippen LogP contribution is 2.62. The molecule has 0 radical (unpaired) electrons.